The van der Waals surface area contributed by atoms with E-state index in [0.29, 0.717) is 40.4 Å². The number of furan rings is 1. The van der Waals surface area contributed by atoms with Gasteiger partial charge in [0.15, 0.2) is 0 Å². The van der Waals surface area contributed by atoms with Crippen molar-refractivity contribution in [1.29, 1.82) is 0 Å². The molecule has 0 amide bonds. The van der Waals surface area contributed by atoms with Crippen LogP contribution in [-0.4, -0.2) is 28.5 Å². The molecule has 0 N–H and O–H groups in total. The van der Waals surface area contributed by atoms with E-state index in [9.17, 15) is 9.59 Å². The number of carbonyl (C=O) groups is 1. The summed E-state index contributed by atoms with van der Waals surface area (Å²) >= 11 is 0. The van der Waals surface area contributed by atoms with E-state index in [-0.39, 0.29) is 17.4 Å². The second-order valence-corrected chi connectivity index (χ2v) is 8.68. The largest absolute Gasteiger partial charge is 0.462 e. The number of esters is 1. The quantitative estimate of drug-likeness (QED) is 0.265. The third-order valence-electron chi connectivity index (χ3n) is 6.36. The molecule has 4 aromatic rings. The highest BCUT2D eigenvalue weighted by Gasteiger charge is 2.22. The second-order valence-electron chi connectivity index (χ2n) is 8.68. The lowest BCUT2D eigenvalue weighted by Crippen LogP contribution is -2.25. The molecular weight excluding hydrogens is 442 g/mol. The zero-order valence-electron chi connectivity index (χ0n) is 19.6. The fraction of sp³-hybridized carbons (Fsp3) is 0.286. The van der Waals surface area contributed by atoms with Crippen LogP contribution in [0.25, 0.3) is 22.2 Å². The summed E-state index contributed by atoms with van der Waals surface area (Å²) in [6, 6.07) is 18.1. The van der Waals surface area contributed by atoms with Crippen molar-refractivity contribution >= 4 is 23.1 Å². The first-order valence-corrected chi connectivity index (χ1v) is 12.1. The van der Waals surface area contributed by atoms with Crippen molar-refractivity contribution in [3.05, 3.63) is 88.2 Å². The highest BCUT2D eigenvalue weighted by Crippen LogP contribution is 2.31. The second kappa shape index (κ2) is 10.1. The molecule has 0 unspecified atom stereocenters. The van der Waals surface area contributed by atoms with Crippen molar-refractivity contribution in [2.24, 2.45) is 5.10 Å². The fourth-order valence-electron chi connectivity index (χ4n) is 4.55. The van der Waals surface area contributed by atoms with Gasteiger partial charge in [0.1, 0.15) is 17.3 Å². The molecule has 1 aliphatic rings. The molecule has 2 aromatic heterocycles. The Morgan fingerprint density at radius 1 is 1.09 bits per heavy atom. The van der Waals surface area contributed by atoms with Crippen molar-refractivity contribution in [1.82, 2.24) is 9.66 Å². The van der Waals surface area contributed by atoms with E-state index in [0.717, 1.165) is 31.2 Å². The first-order valence-electron chi connectivity index (χ1n) is 12.1. The molecule has 7 heteroatoms. The Morgan fingerprint density at radius 3 is 2.63 bits per heavy atom. The van der Waals surface area contributed by atoms with Crippen LogP contribution in [0.3, 0.4) is 0 Å². The summed E-state index contributed by atoms with van der Waals surface area (Å²) in [4.78, 5) is 30.0. The van der Waals surface area contributed by atoms with Gasteiger partial charge in [0, 0.05) is 11.5 Å². The molecular formula is C28H27N3O4. The number of benzene rings is 2. The summed E-state index contributed by atoms with van der Waals surface area (Å²) in [6.45, 7) is 2.11. The van der Waals surface area contributed by atoms with Gasteiger partial charge in [-0.15, -0.1) is 0 Å². The topological polar surface area (TPSA) is 86.7 Å². The summed E-state index contributed by atoms with van der Waals surface area (Å²) in [6.07, 6.45) is 7.05. The predicted molar refractivity (Wildman–Crippen MR) is 135 cm³/mol. The van der Waals surface area contributed by atoms with Crippen LogP contribution in [0.5, 0.6) is 0 Å². The van der Waals surface area contributed by atoms with Crippen molar-refractivity contribution in [3.8, 4) is 11.3 Å². The zero-order valence-corrected chi connectivity index (χ0v) is 19.6. The molecule has 1 fully saturated rings. The van der Waals surface area contributed by atoms with E-state index in [1.165, 1.54) is 11.1 Å². The highest BCUT2D eigenvalue weighted by molar-refractivity contribution is 5.90. The minimum atomic E-state index is -0.352. The van der Waals surface area contributed by atoms with E-state index >= 15 is 0 Å². The molecule has 2 heterocycles. The first-order chi connectivity index (χ1) is 17.1. The molecule has 0 atom stereocenters. The summed E-state index contributed by atoms with van der Waals surface area (Å²) in [7, 11) is 0. The molecule has 178 valence electrons. The summed E-state index contributed by atoms with van der Waals surface area (Å²) < 4.78 is 12.4. The third-order valence-corrected chi connectivity index (χ3v) is 6.36. The molecule has 0 bridgehead atoms. The molecule has 5 rings (SSSR count). The van der Waals surface area contributed by atoms with Gasteiger partial charge in [-0.05, 0) is 56.2 Å². The Hall–Kier alpha value is -4.00. The minimum absolute atomic E-state index is 0.172. The monoisotopic (exact) mass is 469 g/mol. The van der Waals surface area contributed by atoms with Crippen molar-refractivity contribution in [3.63, 3.8) is 0 Å². The number of aromatic nitrogens is 2. The Morgan fingerprint density at radius 2 is 1.86 bits per heavy atom. The SMILES string of the molecule is CCOC(=O)c1ccc(-c2ccc(C=Nn3c(C4CCCCC4)nc4ccccc4c3=O)o2)cc1. The standard InChI is InChI=1S/C28H27N3O4/c1-2-34-28(33)21-14-12-19(13-15-21)25-17-16-22(35-25)18-29-31-26(20-8-4-3-5-9-20)30-24-11-7-6-10-23(24)27(31)32/h6-7,10-18,20H,2-5,8-9H2,1H3. The maximum absolute atomic E-state index is 13.3. The molecule has 0 radical (unpaired) electrons. The highest BCUT2D eigenvalue weighted by atomic mass is 16.5. The molecule has 0 aliphatic heterocycles. The molecule has 1 aliphatic carbocycles. The average molecular weight is 470 g/mol. The maximum Gasteiger partial charge on any atom is 0.338 e. The number of ether oxygens (including phenoxy) is 1. The molecule has 7 nitrogen and oxygen atoms in total. The van der Waals surface area contributed by atoms with Crippen LogP contribution >= 0.6 is 0 Å². The molecule has 0 saturated heterocycles. The number of para-hydroxylation sites is 1. The van der Waals surface area contributed by atoms with Crippen LogP contribution in [0.2, 0.25) is 0 Å². The Kier molecular flexibility index (Phi) is 6.57. The van der Waals surface area contributed by atoms with Gasteiger partial charge in [-0.25, -0.2) is 9.78 Å². The summed E-state index contributed by atoms with van der Waals surface area (Å²) in [5, 5.41) is 5.08. The summed E-state index contributed by atoms with van der Waals surface area (Å²) in [5.74, 6) is 1.73. The van der Waals surface area contributed by atoms with E-state index in [1.807, 2.05) is 36.4 Å². The van der Waals surface area contributed by atoms with Crippen LogP contribution in [0.4, 0.5) is 0 Å². The van der Waals surface area contributed by atoms with E-state index in [1.54, 1.807) is 37.4 Å². The number of nitrogens with zero attached hydrogens (tertiary/aromatic N) is 3. The number of fused-ring (bicyclic) bond motifs is 1. The van der Waals surface area contributed by atoms with Gasteiger partial charge in [-0.3, -0.25) is 4.79 Å². The van der Waals surface area contributed by atoms with Crippen molar-refractivity contribution in [2.75, 3.05) is 6.61 Å². The van der Waals surface area contributed by atoms with Gasteiger partial charge in [0.05, 0.1) is 29.3 Å². The van der Waals surface area contributed by atoms with Crippen LogP contribution in [-0.2, 0) is 4.74 Å². The zero-order chi connectivity index (χ0) is 24.2. The Balaban J connectivity index is 1.45. The summed E-state index contributed by atoms with van der Waals surface area (Å²) in [5.41, 5.74) is 1.84. The van der Waals surface area contributed by atoms with Crippen molar-refractivity contribution in [2.45, 2.75) is 44.9 Å². The van der Waals surface area contributed by atoms with Gasteiger partial charge < -0.3 is 9.15 Å². The average Bonchev–Trinajstić information content (AvgIpc) is 3.38. The van der Waals surface area contributed by atoms with E-state index < -0.39 is 0 Å². The maximum atomic E-state index is 13.3. The Labute approximate surface area is 203 Å². The van der Waals surface area contributed by atoms with Crippen LogP contribution in [0.1, 0.15) is 66.9 Å². The number of hydrogen-bond donors (Lipinski definition) is 0. The van der Waals surface area contributed by atoms with Gasteiger partial charge in [0.25, 0.3) is 5.56 Å². The molecule has 2 aromatic carbocycles. The lowest BCUT2D eigenvalue weighted by molar-refractivity contribution is 0.0526. The number of rotatable bonds is 6. The smallest absolute Gasteiger partial charge is 0.338 e. The van der Waals surface area contributed by atoms with Crippen LogP contribution < -0.4 is 5.56 Å². The van der Waals surface area contributed by atoms with Crippen molar-refractivity contribution < 1.29 is 13.9 Å². The number of carbonyl (C=O) groups excluding carboxylic acids is 1. The molecule has 35 heavy (non-hydrogen) atoms. The lowest BCUT2D eigenvalue weighted by atomic mass is 9.88. The van der Waals surface area contributed by atoms with Crippen LogP contribution in [0, 0.1) is 0 Å². The predicted octanol–water partition coefficient (Wildman–Crippen LogP) is 5.76. The van der Waals surface area contributed by atoms with E-state index in [2.05, 4.69) is 5.10 Å². The molecule has 1 saturated carbocycles. The van der Waals surface area contributed by atoms with Crippen LogP contribution in [0.15, 0.2) is 75.0 Å². The van der Waals surface area contributed by atoms with Gasteiger partial charge in [-0.2, -0.15) is 9.78 Å². The third kappa shape index (κ3) is 4.80. The van der Waals surface area contributed by atoms with Gasteiger partial charge in [-0.1, -0.05) is 43.5 Å². The Bertz CT molecular complexity index is 1430. The van der Waals surface area contributed by atoms with E-state index in [4.69, 9.17) is 14.1 Å². The first kappa shape index (κ1) is 22.8. The lowest BCUT2D eigenvalue weighted by Gasteiger charge is -2.22. The van der Waals surface area contributed by atoms with Gasteiger partial charge in [0.2, 0.25) is 0 Å². The fourth-order valence-corrected chi connectivity index (χ4v) is 4.55. The normalized spacial score (nSPS) is 14.5. The molecule has 0 spiro atoms. The number of hydrogen-bond acceptors (Lipinski definition) is 6. The minimum Gasteiger partial charge on any atom is -0.462 e. The van der Waals surface area contributed by atoms with Gasteiger partial charge >= 0.3 is 5.97 Å².